The predicted molar refractivity (Wildman–Crippen MR) is 94.8 cm³/mol. The SMILES string of the molecule is Cc1oc(CN(C)C(=O)[C@H]2CC(=O)N(C)[C@@H]2c2cccs2)cc1C(=O)O. The van der Waals surface area contributed by atoms with E-state index in [1.807, 2.05) is 17.5 Å². The highest BCUT2D eigenvalue weighted by Gasteiger charge is 2.44. The van der Waals surface area contributed by atoms with E-state index < -0.39 is 11.9 Å². The molecule has 7 nitrogen and oxygen atoms in total. The van der Waals surface area contributed by atoms with Crippen molar-refractivity contribution in [1.82, 2.24) is 9.80 Å². The van der Waals surface area contributed by atoms with Crippen LogP contribution in [0.3, 0.4) is 0 Å². The van der Waals surface area contributed by atoms with Crippen LogP contribution in [0.15, 0.2) is 28.0 Å². The van der Waals surface area contributed by atoms with Crippen molar-refractivity contribution in [3.63, 3.8) is 0 Å². The van der Waals surface area contributed by atoms with Gasteiger partial charge >= 0.3 is 5.97 Å². The summed E-state index contributed by atoms with van der Waals surface area (Å²) in [7, 11) is 3.35. The third kappa shape index (κ3) is 3.24. The number of carbonyl (C=O) groups is 3. The second-order valence-electron chi connectivity index (χ2n) is 6.46. The lowest BCUT2D eigenvalue weighted by Crippen LogP contribution is -2.35. The van der Waals surface area contributed by atoms with Gasteiger partial charge in [-0.05, 0) is 24.4 Å². The van der Waals surface area contributed by atoms with Crippen LogP contribution in [0.25, 0.3) is 0 Å². The minimum Gasteiger partial charge on any atom is -0.478 e. The van der Waals surface area contributed by atoms with Gasteiger partial charge in [0.15, 0.2) is 0 Å². The fourth-order valence-electron chi connectivity index (χ4n) is 3.37. The van der Waals surface area contributed by atoms with E-state index in [0.717, 1.165) is 4.88 Å². The minimum absolute atomic E-state index is 0.0582. The molecular weight excluding hydrogens is 356 g/mol. The van der Waals surface area contributed by atoms with E-state index in [4.69, 9.17) is 9.52 Å². The van der Waals surface area contributed by atoms with E-state index in [1.165, 1.54) is 22.3 Å². The third-order valence-corrected chi connectivity index (χ3v) is 5.65. The van der Waals surface area contributed by atoms with Crippen molar-refractivity contribution in [2.24, 2.45) is 5.92 Å². The number of hydrogen-bond acceptors (Lipinski definition) is 5. The number of hydrogen-bond donors (Lipinski definition) is 1. The molecule has 0 aliphatic carbocycles. The molecule has 0 spiro atoms. The van der Waals surface area contributed by atoms with Crippen molar-refractivity contribution in [2.75, 3.05) is 14.1 Å². The molecule has 0 saturated carbocycles. The largest absolute Gasteiger partial charge is 0.478 e. The molecule has 8 heteroatoms. The maximum Gasteiger partial charge on any atom is 0.339 e. The highest BCUT2D eigenvalue weighted by molar-refractivity contribution is 7.10. The minimum atomic E-state index is -1.06. The number of amides is 2. The number of aryl methyl sites for hydroxylation is 1. The number of rotatable bonds is 5. The first-order valence-electron chi connectivity index (χ1n) is 8.16. The van der Waals surface area contributed by atoms with Gasteiger partial charge in [-0.3, -0.25) is 9.59 Å². The molecule has 2 atom stereocenters. The number of carbonyl (C=O) groups excluding carboxylic acids is 2. The zero-order valence-corrected chi connectivity index (χ0v) is 15.6. The topological polar surface area (TPSA) is 91.1 Å². The number of carboxylic acids is 1. The number of likely N-dealkylation sites (tertiary alicyclic amines) is 1. The number of aromatic carboxylic acids is 1. The first-order valence-corrected chi connectivity index (χ1v) is 9.04. The second-order valence-corrected chi connectivity index (χ2v) is 7.44. The van der Waals surface area contributed by atoms with Crippen LogP contribution in [-0.2, 0) is 16.1 Å². The summed E-state index contributed by atoms with van der Waals surface area (Å²) >= 11 is 1.52. The second kappa shape index (κ2) is 6.95. The van der Waals surface area contributed by atoms with Crippen molar-refractivity contribution in [3.8, 4) is 0 Å². The third-order valence-electron chi connectivity index (χ3n) is 4.71. The van der Waals surface area contributed by atoms with Crippen molar-refractivity contribution in [3.05, 3.63) is 45.5 Å². The van der Waals surface area contributed by atoms with Gasteiger partial charge in [-0.1, -0.05) is 6.07 Å². The zero-order valence-electron chi connectivity index (χ0n) is 14.8. The Labute approximate surface area is 154 Å². The standard InChI is InChI=1S/C18H20N2O5S/c1-10-12(18(23)24)7-11(25-10)9-19(2)17(22)13-8-15(21)20(3)16(13)14-5-4-6-26-14/h4-7,13,16H,8-9H2,1-3H3,(H,23,24)/t13-,16-/m0/s1. The molecule has 1 N–H and O–H groups in total. The van der Waals surface area contributed by atoms with Crippen molar-refractivity contribution < 1.29 is 23.9 Å². The Morgan fingerprint density at radius 1 is 1.46 bits per heavy atom. The lowest BCUT2D eigenvalue weighted by molar-refractivity contribution is -0.136. The summed E-state index contributed by atoms with van der Waals surface area (Å²) in [5.41, 5.74) is 0.0908. The van der Waals surface area contributed by atoms with E-state index in [9.17, 15) is 14.4 Å². The molecule has 0 aromatic carbocycles. The fourth-order valence-corrected chi connectivity index (χ4v) is 4.30. The number of thiophene rings is 1. The normalized spacial score (nSPS) is 19.8. The molecule has 0 bridgehead atoms. The van der Waals surface area contributed by atoms with Crippen molar-refractivity contribution >= 4 is 29.1 Å². The van der Waals surface area contributed by atoms with E-state index >= 15 is 0 Å². The van der Waals surface area contributed by atoms with Gasteiger partial charge < -0.3 is 19.3 Å². The summed E-state index contributed by atoms with van der Waals surface area (Å²) in [5, 5.41) is 11.0. The van der Waals surface area contributed by atoms with Gasteiger partial charge in [0.2, 0.25) is 11.8 Å². The summed E-state index contributed by atoms with van der Waals surface area (Å²) in [5.74, 6) is -1.04. The van der Waals surface area contributed by atoms with Gasteiger partial charge in [0.05, 0.1) is 18.5 Å². The maximum absolute atomic E-state index is 13.0. The fraction of sp³-hybridized carbons (Fsp3) is 0.389. The van der Waals surface area contributed by atoms with Crippen LogP contribution in [0.1, 0.15) is 39.2 Å². The van der Waals surface area contributed by atoms with E-state index in [2.05, 4.69) is 0 Å². The van der Waals surface area contributed by atoms with Gasteiger partial charge in [0.1, 0.15) is 17.1 Å². The molecule has 3 heterocycles. The summed E-state index contributed by atoms with van der Waals surface area (Å²) in [4.78, 5) is 40.4. The predicted octanol–water partition coefficient (Wildman–Crippen LogP) is 2.53. The van der Waals surface area contributed by atoms with Crippen molar-refractivity contribution in [2.45, 2.75) is 25.9 Å². The van der Waals surface area contributed by atoms with E-state index in [-0.39, 0.29) is 36.4 Å². The van der Waals surface area contributed by atoms with Crippen LogP contribution >= 0.6 is 11.3 Å². The average Bonchev–Trinajstić information content (AvgIpc) is 3.28. The van der Waals surface area contributed by atoms with Gasteiger partial charge in [0.25, 0.3) is 0 Å². The van der Waals surface area contributed by atoms with E-state index in [1.54, 1.807) is 25.9 Å². The summed E-state index contributed by atoms with van der Waals surface area (Å²) in [6.45, 7) is 1.73. The Balaban J connectivity index is 1.78. The van der Waals surface area contributed by atoms with Crippen LogP contribution in [0.5, 0.6) is 0 Å². The smallest absolute Gasteiger partial charge is 0.339 e. The molecular formula is C18H20N2O5S. The molecule has 0 radical (unpaired) electrons. The molecule has 138 valence electrons. The van der Waals surface area contributed by atoms with Gasteiger partial charge in [-0.2, -0.15) is 0 Å². The van der Waals surface area contributed by atoms with Gasteiger partial charge in [0, 0.05) is 25.4 Å². The Hall–Kier alpha value is -2.61. The summed E-state index contributed by atoms with van der Waals surface area (Å²) in [6.07, 6.45) is 0.166. The van der Waals surface area contributed by atoms with Gasteiger partial charge in [-0.25, -0.2) is 4.79 Å². The van der Waals surface area contributed by atoms with Crippen LogP contribution < -0.4 is 0 Å². The van der Waals surface area contributed by atoms with E-state index in [0.29, 0.717) is 11.5 Å². The van der Waals surface area contributed by atoms with Crippen LogP contribution in [-0.4, -0.2) is 46.8 Å². The number of furan rings is 1. The molecule has 1 saturated heterocycles. The number of carboxylic acid groups (broad SMARTS) is 1. The maximum atomic E-state index is 13.0. The summed E-state index contributed by atoms with van der Waals surface area (Å²) in [6, 6.07) is 5.00. The Bertz CT molecular complexity index is 842. The zero-order chi connectivity index (χ0) is 19.0. The Morgan fingerprint density at radius 2 is 2.19 bits per heavy atom. The molecule has 1 aliphatic heterocycles. The molecule has 1 fully saturated rings. The highest BCUT2D eigenvalue weighted by Crippen LogP contribution is 2.40. The summed E-state index contributed by atoms with van der Waals surface area (Å²) < 4.78 is 5.45. The highest BCUT2D eigenvalue weighted by atomic mass is 32.1. The van der Waals surface area contributed by atoms with Gasteiger partial charge in [-0.15, -0.1) is 11.3 Å². The molecule has 0 unspecified atom stereocenters. The average molecular weight is 376 g/mol. The van der Waals surface area contributed by atoms with Crippen molar-refractivity contribution in [1.29, 1.82) is 0 Å². The molecule has 26 heavy (non-hydrogen) atoms. The monoisotopic (exact) mass is 376 g/mol. The molecule has 2 amide bonds. The Morgan fingerprint density at radius 3 is 2.77 bits per heavy atom. The molecule has 1 aliphatic rings. The quantitative estimate of drug-likeness (QED) is 0.866. The van der Waals surface area contributed by atoms with Crippen LogP contribution in [0, 0.1) is 12.8 Å². The lowest BCUT2D eigenvalue weighted by Gasteiger charge is -2.26. The number of nitrogens with zero attached hydrogens (tertiary/aromatic N) is 2. The lowest BCUT2D eigenvalue weighted by atomic mass is 9.97. The molecule has 2 aromatic heterocycles. The Kier molecular flexibility index (Phi) is 4.86. The van der Waals surface area contributed by atoms with Crippen LogP contribution in [0.2, 0.25) is 0 Å². The first-order chi connectivity index (χ1) is 12.3. The molecule has 3 rings (SSSR count). The molecule has 2 aromatic rings. The first kappa shape index (κ1) is 18.2. The van der Waals surface area contributed by atoms with Crippen LogP contribution in [0.4, 0.5) is 0 Å².